The van der Waals surface area contributed by atoms with Crippen molar-refractivity contribution in [3.05, 3.63) is 33.6 Å². The number of hydrogen-bond acceptors (Lipinski definition) is 8. The first-order valence-corrected chi connectivity index (χ1v) is 8.29. The summed E-state index contributed by atoms with van der Waals surface area (Å²) in [4.78, 5) is 8.87. The fraction of sp³-hybridized carbons (Fsp3) is 0.467. The summed E-state index contributed by atoms with van der Waals surface area (Å²) in [6, 6.07) is 0. The Labute approximate surface area is 148 Å². The predicted molar refractivity (Wildman–Crippen MR) is 86.8 cm³/mol. The van der Waals surface area contributed by atoms with Gasteiger partial charge in [-0.05, 0) is 44.0 Å². The Morgan fingerprint density at radius 1 is 1.20 bits per heavy atom. The van der Waals surface area contributed by atoms with Crippen LogP contribution in [0.5, 0.6) is 5.88 Å². The molecule has 9 nitrogen and oxygen atoms in total. The van der Waals surface area contributed by atoms with Crippen molar-refractivity contribution in [2.45, 2.75) is 46.1 Å². The van der Waals surface area contributed by atoms with Gasteiger partial charge < -0.3 is 9.26 Å². The molecule has 1 aliphatic carbocycles. The summed E-state index contributed by atoms with van der Waals surface area (Å²) in [5.74, 6) is 2.45. The van der Waals surface area contributed by atoms with Crippen LogP contribution in [0.3, 0.4) is 0 Å². The molecule has 0 amide bonds. The zero-order valence-electron chi connectivity index (χ0n) is 14.0. The van der Waals surface area contributed by atoms with E-state index in [4.69, 9.17) is 20.9 Å². The monoisotopic (exact) mass is 361 g/mol. The number of tetrazole rings is 1. The summed E-state index contributed by atoms with van der Waals surface area (Å²) in [6.07, 6.45) is 2.20. The summed E-state index contributed by atoms with van der Waals surface area (Å²) < 4.78 is 12.5. The summed E-state index contributed by atoms with van der Waals surface area (Å²) in [7, 11) is 0. The fourth-order valence-corrected chi connectivity index (χ4v) is 2.50. The molecule has 0 radical (unpaired) electrons. The number of ether oxygens (including phenoxy) is 1. The average molecular weight is 362 g/mol. The van der Waals surface area contributed by atoms with E-state index < -0.39 is 0 Å². The van der Waals surface area contributed by atoms with Gasteiger partial charge in [0, 0.05) is 11.5 Å². The Kier molecular flexibility index (Phi) is 3.87. The minimum absolute atomic E-state index is 0.0897. The second-order valence-corrected chi connectivity index (χ2v) is 6.43. The van der Waals surface area contributed by atoms with Crippen molar-refractivity contribution in [1.82, 2.24) is 35.3 Å². The third-order valence-electron chi connectivity index (χ3n) is 4.14. The maximum atomic E-state index is 6.28. The molecule has 0 N–H and O–H groups in total. The van der Waals surface area contributed by atoms with E-state index >= 15 is 0 Å². The van der Waals surface area contributed by atoms with Crippen LogP contribution in [0.15, 0.2) is 4.52 Å². The molecular weight excluding hydrogens is 346 g/mol. The van der Waals surface area contributed by atoms with Gasteiger partial charge in [0.1, 0.15) is 10.8 Å². The van der Waals surface area contributed by atoms with Gasteiger partial charge in [-0.2, -0.15) is 9.67 Å². The second-order valence-electron chi connectivity index (χ2n) is 6.05. The van der Waals surface area contributed by atoms with Gasteiger partial charge in [0.15, 0.2) is 12.4 Å². The van der Waals surface area contributed by atoms with Crippen LogP contribution in [0.1, 0.15) is 47.4 Å². The van der Waals surface area contributed by atoms with E-state index in [0.29, 0.717) is 34.2 Å². The maximum absolute atomic E-state index is 6.28. The van der Waals surface area contributed by atoms with E-state index in [1.165, 1.54) is 4.68 Å². The van der Waals surface area contributed by atoms with Crippen molar-refractivity contribution in [1.29, 1.82) is 0 Å². The van der Waals surface area contributed by atoms with Crippen LogP contribution in [-0.2, 0) is 6.61 Å². The highest BCUT2D eigenvalue weighted by Crippen LogP contribution is 2.40. The topological polar surface area (TPSA) is 105 Å². The first-order valence-electron chi connectivity index (χ1n) is 7.92. The number of nitrogens with zero attached hydrogens (tertiary/aromatic N) is 7. The third kappa shape index (κ3) is 2.95. The van der Waals surface area contributed by atoms with E-state index in [-0.39, 0.29) is 6.61 Å². The van der Waals surface area contributed by atoms with E-state index in [2.05, 4.69) is 30.7 Å². The molecule has 3 aromatic rings. The highest BCUT2D eigenvalue weighted by atomic mass is 35.5. The summed E-state index contributed by atoms with van der Waals surface area (Å²) in [5, 5.41) is 15.9. The largest absolute Gasteiger partial charge is 0.468 e. The molecule has 25 heavy (non-hydrogen) atoms. The molecule has 0 spiro atoms. The molecular formula is C15H16ClN7O2. The van der Waals surface area contributed by atoms with Gasteiger partial charge in [0.05, 0.1) is 11.4 Å². The molecule has 0 atom stereocenters. The van der Waals surface area contributed by atoms with Crippen LogP contribution in [0.4, 0.5) is 0 Å². The van der Waals surface area contributed by atoms with Crippen molar-refractivity contribution in [2.24, 2.45) is 0 Å². The van der Waals surface area contributed by atoms with Crippen molar-refractivity contribution in [2.75, 3.05) is 0 Å². The number of aryl methyl sites for hydroxylation is 2. The lowest BCUT2D eigenvalue weighted by Crippen LogP contribution is -2.09. The summed E-state index contributed by atoms with van der Waals surface area (Å²) >= 11 is 6.28. The molecule has 1 aliphatic rings. The second kappa shape index (κ2) is 6.07. The standard InChI is InChI=1S/C15H16ClN7O2/c1-7-8(2)20-25-15(7)23-11(19-21-22-23)6-24-14-12(16)9(3)17-13(18-14)10-4-5-10/h10H,4-6H2,1-3H3. The molecule has 0 aromatic carbocycles. The molecule has 0 saturated heterocycles. The van der Waals surface area contributed by atoms with Gasteiger partial charge in [-0.25, -0.2) is 4.98 Å². The predicted octanol–water partition coefficient (Wildman–Crippen LogP) is 2.48. The van der Waals surface area contributed by atoms with E-state index in [1.807, 2.05) is 20.8 Å². The van der Waals surface area contributed by atoms with Crippen molar-refractivity contribution < 1.29 is 9.26 Å². The molecule has 0 aliphatic heterocycles. The minimum atomic E-state index is 0.0897. The number of halogens is 1. The zero-order chi connectivity index (χ0) is 17.6. The van der Waals surface area contributed by atoms with E-state index in [0.717, 1.165) is 29.9 Å². The SMILES string of the molecule is Cc1noc(-n2nnnc2COc2nc(C3CC3)nc(C)c2Cl)c1C. The Morgan fingerprint density at radius 3 is 2.68 bits per heavy atom. The maximum Gasteiger partial charge on any atom is 0.258 e. The third-order valence-corrected chi connectivity index (χ3v) is 4.58. The minimum Gasteiger partial charge on any atom is -0.468 e. The van der Waals surface area contributed by atoms with E-state index in [1.54, 1.807) is 0 Å². The smallest absolute Gasteiger partial charge is 0.258 e. The van der Waals surface area contributed by atoms with Crippen LogP contribution in [0.25, 0.3) is 5.88 Å². The van der Waals surface area contributed by atoms with Crippen LogP contribution in [0.2, 0.25) is 5.02 Å². The molecule has 1 fully saturated rings. The van der Waals surface area contributed by atoms with Crippen LogP contribution < -0.4 is 4.74 Å². The Bertz CT molecular complexity index is 932. The lowest BCUT2D eigenvalue weighted by molar-refractivity contribution is 0.275. The normalized spacial score (nSPS) is 14.1. The lowest BCUT2D eigenvalue weighted by atomic mass is 10.3. The Hall–Kier alpha value is -2.55. The number of rotatable bonds is 5. The van der Waals surface area contributed by atoms with Crippen LogP contribution in [0, 0.1) is 20.8 Å². The van der Waals surface area contributed by atoms with Gasteiger partial charge in [-0.15, -0.1) is 5.10 Å². The lowest BCUT2D eigenvalue weighted by Gasteiger charge is -2.09. The number of aromatic nitrogens is 7. The molecule has 3 heterocycles. The van der Waals surface area contributed by atoms with Crippen molar-refractivity contribution >= 4 is 11.6 Å². The molecule has 0 bridgehead atoms. The van der Waals surface area contributed by atoms with Gasteiger partial charge in [-0.1, -0.05) is 16.8 Å². The summed E-state index contributed by atoms with van der Waals surface area (Å²) in [6.45, 7) is 5.67. The van der Waals surface area contributed by atoms with Crippen molar-refractivity contribution in [3.8, 4) is 11.8 Å². The van der Waals surface area contributed by atoms with Gasteiger partial charge >= 0.3 is 0 Å². The van der Waals surface area contributed by atoms with Crippen LogP contribution in [-0.4, -0.2) is 35.3 Å². The summed E-state index contributed by atoms with van der Waals surface area (Å²) in [5.41, 5.74) is 2.34. The zero-order valence-corrected chi connectivity index (χ0v) is 14.8. The van der Waals surface area contributed by atoms with E-state index in [9.17, 15) is 0 Å². The van der Waals surface area contributed by atoms with Gasteiger partial charge in [-0.3, -0.25) is 0 Å². The Balaban J connectivity index is 1.59. The molecule has 10 heteroatoms. The van der Waals surface area contributed by atoms with Crippen molar-refractivity contribution in [3.63, 3.8) is 0 Å². The quantitative estimate of drug-likeness (QED) is 0.682. The van der Waals surface area contributed by atoms with Crippen LogP contribution >= 0.6 is 11.6 Å². The molecule has 130 valence electrons. The number of hydrogen-bond donors (Lipinski definition) is 0. The first kappa shape index (κ1) is 15.9. The molecule has 0 unspecified atom stereocenters. The fourth-order valence-electron chi connectivity index (χ4n) is 2.36. The first-order chi connectivity index (χ1) is 12.0. The van der Waals surface area contributed by atoms with Gasteiger partial charge in [0.2, 0.25) is 5.88 Å². The average Bonchev–Trinajstić information content (AvgIpc) is 3.27. The highest BCUT2D eigenvalue weighted by Gasteiger charge is 2.28. The molecule has 1 saturated carbocycles. The Morgan fingerprint density at radius 2 is 2.00 bits per heavy atom. The van der Waals surface area contributed by atoms with Gasteiger partial charge in [0.25, 0.3) is 5.88 Å². The molecule has 4 rings (SSSR count). The highest BCUT2D eigenvalue weighted by molar-refractivity contribution is 6.32. The molecule has 3 aromatic heterocycles.